The standard InChI is InChI=1S/C19H17N3O/c20-15-8-9-17-16(12-15)19(23)22-10-4-7-14(18(22)21-17)11-13-5-2-1-3-6-13/h1-3,5-6,8-9,11-12H,4,7,10,20H2/b14-11+. The average Bonchev–Trinajstić information content (AvgIpc) is 2.57. The lowest BCUT2D eigenvalue weighted by Crippen LogP contribution is -2.27. The number of nitrogen functional groups attached to an aromatic ring is 1. The monoisotopic (exact) mass is 303 g/mol. The van der Waals surface area contributed by atoms with Gasteiger partial charge in [-0.25, -0.2) is 4.98 Å². The van der Waals surface area contributed by atoms with E-state index in [-0.39, 0.29) is 5.56 Å². The third-order valence-electron chi connectivity index (χ3n) is 4.23. The molecule has 0 saturated heterocycles. The molecule has 4 nitrogen and oxygen atoms in total. The van der Waals surface area contributed by atoms with E-state index < -0.39 is 0 Å². The maximum Gasteiger partial charge on any atom is 0.261 e. The molecular weight excluding hydrogens is 286 g/mol. The molecule has 0 aliphatic carbocycles. The SMILES string of the molecule is Nc1ccc2nc3n(c(=O)c2c1)CCC/C3=C\c1ccccc1. The first-order valence-electron chi connectivity index (χ1n) is 7.78. The van der Waals surface area contributed by atoms with Crippen molar-refractivity contribution in [2.24, 2.45) is 0 Å². The van der Waals surface area contributed by atoms with Crippen LogP contribution >= 0.6 is 0 Å². The summed E-state index contributed by atoms with van der Waals surface area (Å²) in [6.07, 6.45) is 4.00. The van der Waals surface area contributed by atoms with Crippen LogP contribution < -0.4 is 11.3 Å². The summed E-state index contributed by atoms with van der Waals surface area (Å²) < 4.78 is 1.78. The topological polar surface area (TPSA) is 60.9 Å². The molecule has 23 heavy (non-hydrogen) atoms. The largest absolute Gasteiger partial charge is 0.399 e. The predicted molar refractivity (Wildman–Crippen MR) is 94.0 cm³/mol. The van der Waals surface area contributed by atoms with Gasteiger partial charge in [0, 0.05) is 12.2 Å². The first kappa shape index (κ1) is 13.8. The van der Waals surface area contributed by atoms with Crippen LogP contribution in [0.5, 0.6) is 0 Å². The van der Waals surface area contributed by atoms with Gasteiger partial charge >= 0.3 is 0 Å². The van der Waals surface area contributed by atoms with E-state index in [1.165, 1.54) is 0 Å². The molecule has 4 rings (SSSR count). The van der Waals surface area contributed by atoms with Crippen molar-refractivity contribution >= 4 is 28.2 Å². The number of fused-ring (bicyclic) bond motifs is 2. The van der Waals surface area contributed by atoms with E-state index >= 15 is 0 Å². The van der Waals surface area contributed by atoms with E-state index in [4.69, 9.17) is 10.7 Å². The molecular formula is C19H17N3O. The zero-order chi connectivity index (χ0) is 15.8. The van der Waals surface area contributed by atoms with Crippen LogP contribution in [0.2, 0.25) is 0 Å². The van der Waals surface area contributed by atoms with Crippen molar-refractivity contribution in [1.82, 2.24) is 9.55 Å². The molecule has 0 spiro atoms. The summed E-state index contributed by atoms with van der Waals surface area (Å²) in [7, 11) is 0. The van der Waals surface area contributed by atoms with Crippen LogP contribution in [0.3, 0.4) is 0 Å². The van der Waals surface area contributed by atoms with Gasteiger partial charge in [0.2, 0.25) is 0 Å². The summed E-state index contributed by atoms with van der Waals surface area (Å²) in [5, 5.41) is 0.592. The first-order chi connectivity index (χ1) is 11.2. The zero-order valence-corrected chi connectivity index (χ0v) is 12.7. The van der Waals surface area contributed by atoms with Crippen molar-refractivity contribution in [3.05, 3.63) is 70.3 Å². The number of hydrogen-bond acceptors (Lipinski definition) is 3. The number of nitrogens with two attached hydrogens (primary N) is 1. The molecule has 3 aromatic rings. The molecule has 0 atom stereocenters. The van der Waals surface area contributed by atoms with Crippen molar-refractivity contribution in [2.75, 3.05) is 5.73 Å². The van der Waals surface area contributed by atoms with Crippen molar-refractivity contribution in [1.29, 1.82) is 0 Å². The van der Waals surface area contributed by atoms with Crippen LogP contribution in [-0.2, 0) is 6.54 Å². The summed E-state index contributed by atoms with van der Waals surface area (Å²) >= 11 is 0. The lowest BCUT2D eigenvalue weighted by molar-refractivity contribution is 0.587. The van der Waals surface area contributed by atoms with Crippen LogP contribution in [0.15, 0.2) is 53.3 Å². The molecule has 4 heteroatoms. The maximum absolute atomic E-state index is 12.8. The minimum Gasteiger partial charge on any atom is -0.399 e. The normalized spacial score (nSPS) is 15.7. The van der Waals surface area contributed by atoms with E-state index in [1.54, 1.807) is 16.7 Å². The van der Waals surface area contributed by atoms with Crippen molar-refractivity contribution in [3.8, 4) is 0 Å². The molecule has 0 unspecified atom stereocenters. The van der Waals surface area contributed by atoms with Gasteiger partial charge in [0.25, 0.3) is 5.56 Å². The maximum atomic E-state index is 12.8. The van der Waals surface area contributed by atoms with Crippen LogP contribution in [-0.4, -0.2) is 9.55 Å². The molecule has 1 aliphatic rings. The minimum absolute atomic E-state index is 0.00374. The molecule has 0 amide bonds. The Bertz CT molecular complexity index is 971. The van der Waals surface area contributed by atoms with Crippen LogP contribution in [0, 0.1) is 0 Å². The summed E-state index contributed by atoms with van der Waals surface area (Å²) in [5.41, 5.74) is 9.34. The fourth-order valence-electron chi connectivity index (χ4n) is 3.12. The van der Waals surface area contributed by atoms with E-state index in [2.05, 4.69) is 18.2 Å². The Balaban J connectivity index is 1.95. The Hall–Kier alpha value is -2.88. The fourth-order valence-corrected chi connectivity index (χ4v) is 3.12. The lowest BCUT2D eigenvalue weighted by Gasteiger charge is -2.21. The number of anilines is 1. The van der Waals surface area contributed by atoms with Gasteiger partial charge in [-0.1, -0.05) is 30.3 Å². The third kappa shape index (κ3) is 2.42. The van der Waals surface area contributed by atoms with Gasteiger partial charge in [-0.3, -0.25) is 9.36 Å². The Labute approximate surface area is 133 Å². The Morgan fingerprint density at radius 3 is 2.78 bits per heavy atom. The minimum atomic E-state index is -0.00374. The quantitative estimate of drug-likeness (QED) is 0.702. The second-order valence-corrected chi connectivity index (χ2v) is 5.85. The van der Waals surface area contributed by atoms with Crippen LogP contribution in [0.4, 0.5) is 5.69 Å². The van der Waals surface area contributed by atoms with Gasteiger partial charge in [-0.05, 0) is 48.3 Å². The zero-order valence-electron chi connectivity index (χ0n) is 12.7. The molecule has 2 aromatic carbocycles. The van der Waals surface area contributed by atoms with Gasteiger partial charge in [-0.15, -0.1) is 0 Å². The number of benzene rings is 2. The number of allylic oxidation sites excluding steroid dienone is 1. The van der Waals surface area contributed by atoms with Crippen LogP contribution in [0.1, 0.15) is 24.2 Å². The predicted octanol–water partition coefficient (Wildman–Crippen LogP) is 3.31. The molecule has 2 N–H and O–H groups in total. The number of rotatable bonds is 1. The Morgan fingerprint density at radius 1 is 1.13 bits per heavy atom. The van der Waals surface area contributed by atoms with Crippen molar-refractivity contribution in [2.45, 2.75) is 19.4 Å². The highest BCUT2D eigenvalue weighted by atomic mass is 16.1. The van der Waals surface area contributed by atoms with E-state index in [9.17, 15) is 4.79 Å². The molecule has 2 heterocycles. The molecule has 1 aromatic heterocycles. The molecule has 1 aliphatic heterocycles. The molecule has 0 fully saturated rings. The number of nitrogens with zero attached hydrogens (tertiary/aromatic N) is 2. The number of hydrogen-bond donors (Lipinski definition) is 1. The highest BCUT2D eigenvalue weighted by Gasteiger charge is 2.18. The third-order valence-corrected chi connectivity index (χ3v) is 4.23. The number of aromatic nitrogens is 2. The van der Waals surface area contributed by atoms with Gasteiger partial charge in [0.05, 0.1) is 10.9 Å². The lowest BCUT2D eigenvalue weighted by atomic mass is 10.0. The summed E-state index contributed by atoms with van der Waals surface area (Å²) in [5.74, 6) is 0.780. The van der Waals surface area contributed by atoms with Gasteiger partial charge < -0.3 is 5.73 Å². The second kappa shape index (κ2) is 5.39. The van der Waals surface area contributed by atoms with E-state index in [0.29, 0.717) is 23.1 Å². The van der Waals surface area contributed by atoms with Gasteiger partial charge in [0.1, 0.15) is 5.82 Å². The molecule has 0 bridgehead atoms. The molecule has 114 valence electrons. The smallest absolute Gasteiger partial charge is 0.261 e. The van der Waals surface area contributed by atoms with E-state index in [1.807, 2.05) is 24.3 Å². The van der Waals surface area contributed by atoms with Crippen molar-refractivity contribution < 1.29 is 0 Å². The molecule has 0 radical (unpaired) electrons. The van der Waals surface area contributed by atoms with E-state index in [0.717, 1.165) is 29.8 Å². The molecule has 0 saturated carbocycles. The first-order valence-corrected chi connectivity index (χ1v) is 7.78. The summed E-state index contributed by atoms with van der Waals surface area (Å²) in [6, 6.07) is 15.5. The van der Waals surface area contributed by atoms with Crippen molar-refractivity contribution in [3.63, 3.8) is 0 Å². The fraction of sp³-hybridized carbons (Fsp3) is 0.158. The van der Waals surface area contributed by atoms with Gasteiger partial charge in [0.15, 0.2) is 0 Å². The summed E-state index contributed by atoms with van der Waals surface area (Å²) in [6.45, 7) is 0.706. The Kier molecular flexibility index (Phi) is 3.23. The highest BCUT2D eigenvalue weighted by molar-refractivity contribution is 5.85. The second-order valence-electron chi connectivity index (χ2n) is 5.85. The summed E-state index contributed by atoms with van der Waals surface area (Å²) in [4.78, 5) is 17.5. The average molecular weight is 303 g/mol. The Morgan fingerprint density at radius 2 is 1.96 bits per heavy atom. The van der Waals surface area contributed by atoms with Gasteiger partial charge in [-0.2, -0.15) is 0 Å². The van der Waals surface area contributed by atoms with Crippen LogP contribution in [0.25, 0.3) is 22.6 Å². The highest BCUT2D eigenvalue weighted by Crippen LogP contribution is 2.27.